The van der Waals surface area contributed by atoms with Crippen LogP contribution in [0.2, 0.25) is 0 Å². The number of rotatable bonds is 1. The summed E-state index contributed by atoms with van der Waals surface area (Å²) in [6, 6.07) is 0.0972. The first-order chi connectivity index (χ1) is 4.25. The van der Waals surface area contributed by atoms with Gasteiger partial charge in [0, 0.05) is 12.6 Å². The van der Waals surface area contributed by atoms with Gasteiger partial charge < -0.3 is 15.5 Å². The molecule has 0 aromatic rings. The van der Waals surface area contributed by atoms with E-state index in [0.29, 0.717) is 6.54 Å². The van der Waals surface area contributed by atoms with Crippen molar-refractivity contribution in [2.24, 2.45) is 0 Å². The molecule has 0 aliphatic carbocycles. The number of hydrogen-bond donors (Lipinski definition) is 3. The molecular formula is C6H13NO2. The van der Waals surface area contributed by atoms with Gasteiger partial charge in [-0.1, -0.05) is 6.92 Å². The zero-order valence-corrected chi connectivity index (χ0v) is 5.54. The molecule has 3 atom stereocenters. The predicted octanol–water partition coefficient (Wildman–Crippen LogP) is -0.910. The third-order valence-corrected chi connectivity index (χ3v) is 1.84. The first kappa shape index (κ1) is 6.99. The van der Waals surface area contributed by atoms with Crippen molar-refractivity contribution in [1.29, 1.82) is 0 Å². The fourth-order valence-corrected chi connectivity index (χ4v) is 1.17. The molecule has 1 heterocycles. The van der Waals surface area contributed by atoms with Gasteiger partial charge in [0.05, 0.1) is 12.2 Å². The molecule has 3 heteroatoms. The first-order valence-corrected chi connectivity index (χ1v) is 3.35. The van der Waals surface area contributed by atoms with Gasteiger partial charge in [-0.05, 0) is 6.42 Å². The maximum Gasteiger partial charge on any atom is 0.0963 e. The van der Waals surface area contributed by atoms with Crippen LogP contribution >= 0.6 is 0 Å². The van der Waals surface area contributed by atoms with E-state index in [9.17, 15) is 0 Å². The average Bonchev–Trinajstić information content (AvgIpc) is 2.15. The van der Waals surface area contributed by atoms with E-state index in [4.69, 9.17) is 10.2 Å². The Balaban J connectivity index is 2.41. The van der Waals surface area contributed by atoms with Gasteiger partial charge >= 0.3 is 0 Å². The van der Waals surface area contributed by atoms with Crippen LogP contribution in [0.1, 0.15) is 13.3 Å². The highest BCUT2D eigenvalue weighted by atomic mass is 16.3. The number of β-amino-alcohol motifs (C(OH)–C–C–N with tert-alkyl or cyclic N) is 1. The van der Waals surface area contributed by atoms with Gasteiger partial charge in [-0.2, -0.15) is 0 Å². The molecule has 1 fully saturated rings. The Morgan fingerprint density at radius 1 is 1.56 bits per heavy atom. The second-order valence-electron chi connectivity index (χ2n) is 2.48. The lowest BCUT2D eigenvalue weighted by atomic mass is 10.1. The van der Waals surface area contributed by atoms with Crippen molar-refractivity contribution in [3.05, 3.63) is 0 Å². The molecule has 1 rings (SSSR count). The van der Waals surface area contributed by atoms with Gasteiger partial charge in [-0.25, -0.2) is 0 Å². The highest BCUT2D eigenvalue weighted by molar-refractivity contribution is 4.89. The summed E-state index contributed by atoms with van der Waals surface area (Å²) < 4.78 is 0. The molecule has 0 unspecified atom stereocenters. The standard InChI is InChI=1S/C6H13NO2/c1-2-4-6(9)5(8)3-7-4/h4-9H,2-3H2,1H3/t4-,5+,6+/m1/s1. The summed E-state index contributed by atoms with van der Waals surface area (Å²) in [5, 5.41) is 21.1. The van der Waals surface area contributed by atoms with Crippen LogP contribution in [0.5, 0.6) is 0 Å². The molecule has 3 nitrogen and oxygen atoms in total. The monoisotopic (exact) mass is 131 g/mol. The molecule has 0 aromatic carbocycles. The summed E-state index contributed by atoms with van der Waals surface area (Å²) in [7, 11) is 0. The minimum Gasteiger partial charge on any atom is -0.389 e. The summed E-state index contributed by atoms with van der Waals surface area (Å²) in [4.78, 5) is 0. The van der Waals surface area contributed by atoms with Crippen molar-refractivity contribution in [1.82, 2.24) is 5.32 Å². The van der Waals surface area contributed by atoms with Crippen LogP contribution < -0.4 is 5.32 Å². The average molecular weight is 131 g/mol. The van der Waals surface area contributed by atoms with Gasteiger partial charge in [-0.3, -0.25) is 0 Å². The van der Waals surface area contributed by atoms with Crippen LogP contribution in [0.25, 0.3) is 0 Å². The summed E-state index contributed by atoms with van der Waals surface area (Å²) in [6.07, 6.45) is -0.247. The molecule has 0 radical (unpaired) electrons. The van der Waals surface area contributed by atoms with E-state index in [0.717, 1.165) is 6.42 Å². The fourth-order valence-electron chi connectivity index (χ4n) is 1.17. The second kappa shape index (κ2) is 2.64. The SMILES string of the molecule is CC[C@H]1NC[C@H](O)[C@H]1O. The number of hydrogen-bond acceptors (Lipinski definition) is 3. The van der Waals surface area contributed by atoms with E-state index in [-0.39, 0.29) is 6.04 Å². The molecule has 0 saturated carbocycles. The van der Waals surface area contributed by atoms with Crippen molar-refractivity contribution in [3.8, 4) is 0 Å². The highest BCUT2D eigenvalue weighted by Gasteiger charge is 2.30. The zero-order valence-electron chi connectivity index (χ0n) is 5.54. The molecular weight excluding hydrogens is 118 g/mol. The summed E-state index contributed by atoms with van der Waals surface area (Å²) in [5.74, 6) is 0. The quantitative estimate of drug-likeness (QED) is 0.432. The zero-order chi connectivity index (χ0) is 6.85. The number of aliphatic hydroxyl groups is 2. The molecule has 0 aromatic heterocycles. The normalized spacial score (nSPS) is 43.7. The lowest BCUT2D eigenvalue weighted by molar-refractivity contribution is 0.0401. The van der Waals surface area contributed by atoms with Gasteiger partial charge in [0.15, 0.2) is 0 Å². The number of nitrogens with one attached hydrogen (secondary N) is 1. The van der Waals surface area contributed by atoms with Crippen LogP contribution in [-0.2, 0) is 0 Å². The Labute approximate surface area is 54.7 Å². The molecule has 0 spiro atoms. The highest BCUT2D eigenvalue weighted by Crippen LogP contribution is 2.09. The Morgan fingerprint density at radius 2 is 2.22 bits per heavy atom. The van der Waals surface area contributed by atoms with E-state index >= 15 is 0 Å². The van der Waals surface area contributed by atoms with Crippen LogP contribution in [-0.4, -0.2) is 35.0 Å². The van der Waals surface area contributed by atoms with Gasteiger partial charge in [-0.15, -0.1) is 0 Å². The van der Waals surface area contributed by atoms with Crippen LogP contribution in [0, 0.1) is 0 Å². The fraction of sp³-hybridized carbons (Fsp3) is 1.00. The third-order valence-electron chi connectivity index (χ3n) is 1.84. The van der Waals surface area contributed by atoms with Crippen molar-refractivity contribution in [3.63, 3.8) is 0 Å². The van der Waals surface area contributed by atoms with Crippen molar-refractivity contribution >= 4 is 0 Å². The Morgan fingerprint density at radius 3 is 2.44 bits per heavy atom. The summed E-state index contributed by atoms with van der Waals surface area (Å²) >= 11 is 0. The van der Waals surface area contributed by atoms with Crippen LogP contribution in [0.4, 0.5) is 0 Å². The van der Waals surface area contributed by atoms with Crippen molar-refractivity contribution in [2.45, 2.75) is 31.6 Å². The van der Waals surface area contributed by atoms with E-state index in [1.807, 2.05) is 6.92 Å². The molecule has 0 amide bonds. The van der Waals surface area contributed by atoms with Crippen molar-refractivity contribution < 1.29 is 10.2 Å². The van der Waals surface area contributed by atoms with E-state index in [1.165, 1.54) is 0 Å². The van der Waals surface area contributed by atoms with Gasteiger partial charge in [0.1, 0.15) is 0 Å². The number of aliphatic hydroxyl groups excluding tert-OH is 2. The Kier molecular flexibility index (Phi) is 2.05. The van der Waals surface area contributed by atoms with Crippen molar-refractivity contribution in [2.75, 3.05) is 6.54 Å². The van der Waals surface area contributed by atoms with Crippen LogP contribution in [0.15, 0.2) is 0 Å². The van der Waals surface area contributed by atoms with Gasteiger partial charge in [0.25, 0.3) is 0 Å². The topological polar surface area (TPSA) is 52.5 Å². The van der Waals surface area contributed by atoms with E-state index in [1.54, 1.807) is 0 Å². The Hall–Kier alpha value is -0.120. The van der Waals surface area contributed by atoms with Crippen LogP contribution in [0.3, 0.4) is 0 Å². The predicted molar refractivity (Wildman–Crippen MR) is 34.1 cm³/mol. The smallest absolute Gasteiger partial charge is 0.0963 e. The third kappa shape index (κ3) is 1.23. The molecule has 1 aliphatic rings. The minimum atomic E-state index is -0.560. The maximum atomic E-state index is 9.14. The summed E-state index contributed by atoms with van der Waals surface area (Å²) in [6.45, 7) is 2.51. The lowest BCUT2D eigenvalue weighted by Gasteiger charge is -2.12. The molecule has 9 heavy (non-hydrogen) atoms. The summed E-state index contributed by atoms with van der Waals surface area (Å²) in [5.41, 5.74) is 0. The van der Waals surface area contributed by atoms with E-state index in [2.05, 4.69) is 5.32 Å². The first-order valence-electron chi connectivity index (χ1n) is 3.35. The molecule has 0 bridgehead atoms. The van der Waals surface area contributed by atoms with E-state index < -0.39 is 12.2 Å². The largest absolute Gasteiger partial charge is 0.389 e. The maximum absolute atomic E-state index is 9.14. The molecule has 3 N–H and O–H groups in total. The lowest BCUT2D eigenvalue weighted by Crippen LogP contribution is -2.31. The molecule has 54 valence electrons. The minimum absolute atomic E-state index is 0.0972. The Bertz CT molecular complexity index is 97.1. The molecule has 1 aliphatic heterocycles. The second-order valence-corrected chi connectivity index (χ2v) is 2.48. The molecule has 1 saturated heterocycles. The van der Waals surface area contributed by atoms with Gasteiger partial charge in [0.2, 0.25) is 0 Å².